The molecule has 2 N–H and O–H groups in total. The minimum atomic E-state index is 0.377. The molecule has 0 bridgehead atoms. The Labute approximate surface area is 114 Å². The molecule has 0 aliphatic carbocycles. The van der Waals surface area contributed by atoms with Gasteiger partial charge >= 0.3 is 0 Å². The molecule has 1 aliphatic heterocycles. The molecule has 2 nitrogen and oxygen atoms in total. The summed E-state index contributed by atoms with van der Waals surface area (Å²) in [6.07, 6.45) is 9.49. The largest absolute Gasteiger partial charge is 0.328 e. The molecule has 1 aliphatic rings. The number of likely N-dealkylation sites (tertiary alicyclic amines) is 1. The second-order valence-corrected chi connectivity index (χ2v) is 6.55. The Hall–Kier alpha value is -0.0800. The van der Waals surface area contributed by atoms with Crippen molar-refractivity contribution in [2.75, 3.05) is 19.6 Å². The maximum atomic E-state index is 5.80. The zero-order valence-corrected chi connectivity index (χ0v) is 12.8. The third kappa shape index (κ3) is 6.75. The van der Waals surface area contributed by atoms with Gasteiger partial charge in [0.25, 0.3) is 0 Å². The van der Waals surface area contributed by atoms with E-state index >= 15 is 0 Å². The van der Waals surface area contributed by atoms with Gasteiger partial charge in [0.15, 0.2) is 0 Å². The Kier molecular flexibility index (Phi) is 7.92. The van der Waals surface area contributed by atoms with Crippen LogP contribution in [-0.2, 0) is 0 Å². The number of nitrogens with two attached hydrogens (primary N) is 1. The van der Waals surface area contributed by atoms with E-state index in [2.05, 4.69) is 25.7 Å². The first-order chi connectivity index (χ1) is 8.61. The summed E-state index contributed by atoms with van der Waals surface area (Å²) in [5, 5.41) is 0. The maximum Gasteiger partial charge on any atom is 0.00104 e. The SMILES string of the molecule is CCCC1CCN(CC(C)CCCC(C)N)CC1. The first-order valence-electron chi connectivity index (χ1n) is 8.09. The van der Waals surface area contributed by atoms with E-state index < -0.39 is 0 Å². The minimum Gasteiger partial charge on any atom is -0.328 e. The number of piperidine rings is 1. The molecule has 0 aromatic rings. The normalized spacial score (nSPS) is 22.0. The van der Waals surface area contributed by atoms with Crippen LogP contribution in [0.5, 0.6) is 0 Å². The maximum absolute atomic E-state index is 5.80. The summed E-state index contributed by atoms with van der Waals surface area (Å²) < 4.78 is 0. The third-order valence-electron chi connectivity index (χ3n) is 4.33. The molecule has 0 radical (unpaired) electrons. The number of hydrogen-bond donors (Lipinski definition) is 1. The van der Waals surface area contributed by atoms with Crippen molar-refractivity contribution in [1.82, 2.24) is 4.90 Å². The zero-order valence-electron chi connectivity index (χ0n) is 12.8. The number of nitrogens with zero attached hydrogens (tertiary/aromatic N) is 1. The van der Waals surface area contributed by atoms with Crippen molar-refractivity contribution in [3.05, 3.63) is 0 Å². The quantitative estimate of drug-likeness (QED) is 0.716. The van der Waals surface area contributed by atoms with Gasteiger partial charge in [0, 0.05) is 12.6 Å². The summed E-state index contributed by atoms with van der Waals surface area (Å²) in [4.78, 5) is 2.68. The van der Waals surface area contributed by atoms with Crippen LogP contribution < -0.4 is 5.73 Å². The van der Waals surface area contributed by atoms with Crippen molar-refractivity contribution < 1.29 is 0 Å². The summed E-state index contributed by atoms with van der Waals surface area (Å²) >= 11 is 0. The number of rotatable bonds is 8. The van der Waals surface area contributed by atoms with Crippen LogP contribution in [0.4, 0.5) is 0 Å². The van der Waals surface area contributed by atoms with Crippen molar-refractivity contribution in [3.63, 3.8) is 0 Å². The van der Waals surface area contributed by atoms with E-state index in [9.17, 15) is 0 Å². The molecule has 1 saturated heterocycles. The average Bonchev–Trinajstić information content (AvgIpc) is 2.31. The van der Waals surface area contributed by atoms with Crippen molar-refractivity contribution >= 4 is 0 Å². The van der Waals surface area contributed by atoms with E-state index in [1.54, 1.807) is 0 Å². The topological polar surface area (TPSA) is 29.3 Å². The minimum absolute atomic E-state index is 0.377. The first-order valence-corrected chi connectivity index (χ1v) is 8.09. The molecule has 0 spiro atoms. The van der Waals surface area contributed by atoms with Gasteiger partial charge in [-0.1, -0.05) is 33.1 Å². The standard InChI is InChI=1S/C16H34N2/c1-4-6-16-9-11-18(12-10-16)13-14(2)7-5-8-15(3)17/h14-16H,4-13,17H2,1-3H3. The molecule has 0 amide bonds. The van der Waals surface area contributed by atoms with Gasteiger partial charge in [-0.15, -0.1) is 0 Å². The van der Waals surface area contributed by atoms with E-state index in [1.807, 2.05) is 0 Å². The molecule has 2 heteroatoms. The lowest BCUT2D eigenvalue weighted by Gasteiger charge is -2.33. The van der Waals surface area contributed by atoms with Crippen molar-refractivity contribution in [1.29, 1.82) is 0 Å². The molecule has 0 aromatic carbocycles. The van der Waals surface area contributed by atoms with E-state index in [0.29, 0.717) is 6.04 Å². The second-order valence-electron chi connectivity index (χ2n) is 6.55. The van der Waals surface area contributed by atoms with Crippen LogP contribution in [-0.4, -0.2) is 30.6 Å². The Bertz CT molecular complexity index is 195. The van der Waals surface area contributed by atoms with E-state index in [4.69, 9.17) is 5.73 Å². The van der Waals surface area contributed by atoms with E-state index in [0.717, 1.165) is 11.8 Å². The molecule has 1 rings (SSSR count). The van der Waals surface area contributed by atoms with Crippen LogP contribution in [0.3, 0.4) is 0 Å². The highest BCUT2D eigenvalue weighted by Crippen LogP contribution is 2.22. The molecule has 18 heavy (non-hydrogen) atoms. The molecule has 1 fully saturated rings. The van der Waals surface area contributed by atoms with Gasteiger partial charge in [-0.05, 0) is 57.5 Å². The average molecular weight is 254 g/mol. The Morgan fingerprint density at radius 1 is 1.17 bits per heavy atom. The summed E-state index contributed by atoms with van der Waals surface area (Å²) in [5.74, 6) is 1.85. The molecule has 108 valence electrons. The van der Waals surface area contributed by atoms with Gasteiger partial charge in [-0.3, -0.25) is 0 Å². The fourth-order valence-electron chi connectivity index (χ4n) is 3.19. The first kappa shape index (κ1) is 16.0. The van der Waals surface area contributed by atoms with Crippen molar-refractivity contribution in [2.45, 2.75) is 71.8 Å². The summed E-state index contributed by atoms with van der Waals surface area (Å²) in [7, 11) is 0. The predicted octanol–water partition coefficient (Wildman–Crippen LogP) is 3.65. The Morgan fingerprint density at radius 3 is 2.39 bits per heavy atom. The molecular weight excluding hydrogens is 220 g/mol. The van der Waals surface area contributed by atoms with E-state index in [1.165, 1.54) is 64.6 Å². The van der Waals surface area contributed by atoms with E-state index in [-0.39, 0.29) is 0 Å². The van der Waals surface area contributed by atoms with Crippen molar-refractivity contribution in [2.24, 2.45) is 17.6 Å². The molecular formula is C16H34N2. The fourth-order valence-corrected chi connectivity index (χ4v) is 3.19. The number of hydrogen-bond acceptors (Lipinski definition) is 2. The summed E-state index contributed by atoms with van der Waals surface area (Å²) in [6.45, 7) is 10.8. The highest BCUT2D eigenvalue weighted by molar-refractivity contribution is 4.73. The van der Waals surface area contributed by atoms with Gasteiger partial charge in [0.05, 0.1) is 0 Å². The molecule has 2 atom stereocenters. The summed E-state index contributed by atoms with van der Waals surface area (Å²) in [5.41, 5.74) is 5.80. The molecule has 0 saturated carbocycles. The van der Waals surface area contributed by atoms with Crippen LogP contribution in [0.15, 0.2) is 0 Å². The lowest BCUT2D eigenvalue weighted by atomic mass is 9.91. The van der Waals surface area contributed by atoms with Crippen LogP contribution in [0.1, 0.15) is 65.7 Å². The lowest BCUT2D eigenvalue weighted by molar-refractivity contribution is 0.156. The van der Waals surface area contributed by atoms with Crippen LogP contribution in [0.2, 0.25) is 0 Å². The van der Waals surface area contributed by atoms with Crippen LogP contribution >= 0.6 is 0 Å². The Balaban J connectivity index is 2.08. The van der Waals surface area contributed by atoms with Gasteiger partial charge in [0.2, 0.25) is 0 Å². The molecule has 2 unspecified atom stereocenters. The summed E-state index contributed by atoms with van der Waals surface area (Å²) in [6, 6.07) is 0.377. The van der Waals surface area contributed by atoms with Crippen LogP contribution in [0.25, 0.3) is 0 Å². The zero-order chi connectivity index (χ0) is 13.4. The highest BCUT2D eigenvalue weighted by atomic mass is 15.1. The van der Waals surface area contributed by atoms with Crippen LogP contribution in [0, 0.1) is 11.8 Å². The lowest BCUT2D eigenvalue weighted by Crippen LogP contribution is -2.36. The monoisotopic (exact) mass is 254 g/mol. The van der Waals surface area contributed by atoms with Crippen molar-refractivity contribution in [3.8, 4) is 0 Å². The molecule has 1 heterocycles. The van der Waals surface area contributed by atoms with Gasteiger partial charge in [0.1, 0.15) is 0 Å². The fraction of sp³-hybridized carbons (Fsp3) is 1.00. The van der Waals surface area contributed by atoms with Gasteiger partial charge in [-0.25, -0.2) is 0 Å². The third-order valence-corrected chi connectivity index (χ3v) is 4.33. The highest BCUT2D eigenvalue weighted by Gasteiger charge is 2.19. The second kappa shape index (κ2) is 8.92. The predicted molar refractivity (Wildman–Crippen MR) is 80.7 cm³/mol. The van der Waals surface area contributed by atoms with Gasteiger partial charge in [-0.2, -0.15) is 0 Å². The Morgan fingerprint density at radius 2 is 1.83 bits per heavy atom. The van der Waals surface area contributed by atoms with Gasteiger partial charge < -0.3 is 10.6 Å². The smallest absolute Gasteiger partial charge is 0.00104 e. The molecule has 0 aromatic heterocycles.